The second-order valence-corrected chi connectivity index (χ2v) is 6.48. The molecule has 0 nitrogen and oxygen atoms in total. The van der Waals surface area contributed by atoms with Gasteiger partial charge in [0.2, 0.25) is 0 Å². The van der Waals surface area contributed by atoms with Gasteiger partial charge in [-0.3, -0.25) is 0 Å². The van der Waals surface area contributed by atoms with Gasteiger partial charge in [-0.05, 0) is 11.8 Å². The lowest BCUT2D eigenvalue weighted by Gasteiger charge is -2.26. The highest BCUT2D eigenvalue weighted by atomic mass is 14.2. The minimum Gasteiger partial charge on any atom is -0.0654 e. The van der Waals surface area contributed by atoms with Gasteiger partial charge in [-0.15, -0.1) is 0 Å². The fraction of sp³-hybridized carbons (Fsp3) is 1.00. The lowest BCUT2D eigenvalue weighted by atomic mass is 9.80. The zero-order valence-electron chi connectivity index (χ0n) is 13.1. The van der Waals surface area contributed by atoms with E-state index in [0.717, 1.165) is 11.8 Å². The van der Waals surface area contributed by atoms with Crippen molar-refractivity contribution in [2.24, 2.45) is 11.8 Å². The Bertz CT molecular complexity index is 163. The first-order valence-corrected chi connectivity index (χ1v) is 8.88. The average molecular weight is 252 g/mol. The highest BCUT2D eigenvalue weighted by molar-refractivity contribution is 4.71. The predicted molar refractivity (Wildman–Crippen MR) is 83.0 cm³/mol. The van der Waals surface area contributed by atoms with Gasteiger partial charge in [0.05, 0.1) is 0 Å². The number of unbranched alkanes of at least 4 members (excludes halogenated alkanes) is 3. The monoisotopic (exact) mass is 252 g/mol. The van der Waals surface area contributed by atoms with Gasteiger partial charge in [0, 0.05) is 0 Å². The third kappa shape index (κ3) is 6.81. The molecule has 0 radical (unpaired) electrons. The maximum Gasteiger partial charge on any atom is -0.0386 e. The highest BCUT2D eigenvalue weighted by Gasteiger charge is 2.19. The molecule has 1 saturated carbocycles. The third-order valence-electron chi connectivity index (χ3n) is 5.02. The van der Waals surface area contributed by atoms with Gasteiger partial charge in [-0.1, -0.05) is 104 Å². The minimum atomic E-state index is 1.04. The second-order valence-electron chi connectivity index (χ2n) is 6.48. The molecule has 1 fully saturated rings. The molecule has 0 N–H and O–H groups in total. The molecule has 0 aromatic rings. The Labute approximate surface area is 116 Å². The van der Waals surface area contributed by atoms with Crippen LogP contribution < -0.4 is 0 Å². The smallest absolute Gasteiger partial charge is 0.0386 e. The first kappa shape index (κ1) is 16.1. The predicted octanol–water partition coefficient (Wildman–Crippen LogP) is 6.73. The molecule has 0 aromatic carbocycles. The first-order chi connectivity index (χ1) is 8.88. The summed E-state index contributed by atoms with van der Waals surface area (Å²) >= 11 is 0. The maximum absolute atomic E-state index is 2.43. The Hall–Kier alpha value is 0. The van der Waals surface area contributed by atoms with Crippen LogP contribution in [0.15, 0.2) is 0 Å². The Morgan fingerprint density at radius 1 is 0.778 bits per heavy atom. The zero-order valence-corrected chi connectivity index (χ0v) is 13.1. The summed E-state index contributed by atoms with van der Waals surface area (Å²) in [5.41, 5.74) is 0. The maximum atomic E-state index is 2.43. The molecular weight excluding hydrogens is 216 g/mol. The number of hydrogen-bond donors (Lipinski definition) is 0. The molecule has 1 aliphatic carbocycles. The van der Waals surface area contributed by atoms with Crippen LogP contribution >= 0.6 is 0 Å². The van der Waals surface area contributed by atoms with E-state index in [9.17, 15) is 0 Å². The van der Waals surface area contributed by atoms with E-state index < -0.39 is 0 Å². The van der Waals surface area contributed by atoms with Crippen LogP contribution in [0.4, 0.5) is 0 Å². The van der Waals surface area contributed by atoms with Crippen LogP contribution in [-0.2, 0) is 0 Å². The molecule has 0 heterocycles. The average Bonchev–Trinajstić information content (AvgIpc) is 2.53. The number of rotatable bonds is 7. The van der Waals surface area contributed by atoms with Crippen molar-refractivity contribution >= 4 is 0 Å². The van der Waals surface area contributed by atoms with Gasteiger partial charge >= 0.3 is 0 Å². The SMILES string of the molecule is CCCCCCC(CC)C1CCCCCCCC1. The molecule has 1 rings (SSSR count). The number of hydrogen-bond acceptors (Lipinski definition) is 0. The molecule has 0 bridgehead atoms. The van der Waals surface area contributed by atoms with Gasteiger partial charge < -0.3 is 0 Å². The standard InChI is InChI=1S/C18H36/c1-3-5-6-11-14-17(4-2)18-15-12-9-7-8-10-13-16-18/h17-18H,3-16H2,1-2H3. The van der Waals surface area contributed by atoms with Crippen LogP contribution in [-0.4, -0.2) is 0 Å². The van der Waals surface area contributed by atoms with E-state index in [1.54, 1.807) is 0 Å². The van der Waals surface area contributed by atoms with Crippen LogP contribution in [0, 0.1) is 11.8 Å². The third-order valence-corrected chi connectivity index (χ3v) is 5.02. The summed E-state index contributed by atoms with van der Waals surface area (Å²) in [7, 11) is 0. The summed E-state index contributed by atoms with van der Waals surface area (Å²) in [4.78, 5) is 0. The quantitative estimate of drug-likeness (QED) is 0.440. The minimum absolute atomic E-state index is 1.04. The lowest BCUT2D eigenvalue weighted by Crippen LogP contribution is -2.14. The van der Waals surface area contributed by atoms with Crippen molar-refractivity contribution in [1.82, 2.24) is 0 Å². The molecule has 108 valence electrons. The van der Waals surface area contributed by atoms with Gasteiger partial charge in [-0.2, -0.15) is 0 Å². The summed E-state index contributed by atoms with van der Waals surface area (Å²) in [6.07, 6.45) is 20.8. The van der Waals surface area contributed by atoms with E-state index in [2.05, 4.69) is 13.8 Å². The second kappa shape index (κ2) is 10.9. The zero-order chi connectivity index (χ0) is 13.1. The van der Waals surface area contributed by atoms with E-state index in [4.69, 9.17) is 0 Å². The molecule has 0 spiro atoms. The van der Waals surface area contributed by atoms with Crippen molar-refractivity contribution in [3.05, 3.63) is 0 Å². The Morgan fingerprint density at radius 2 is 1.39 bits per heavy atom. The van der Waals surface area contributed by atoms with Crippen LogP contribution in [0.1, 0.15) is 104 Å². The first-order valence-electron chi connectivity index (χ1n) is 8.88. The van der Waals surface area contributed by atoms with E-state index in [1.165, 1.54) is 89.9 Å². The summed E-state index contributed by atoms with van der Waals surface area (Å²) in [6.45, 7) is 4.74. The Kier molecular flexibility index (Phi) is 9.70. The summed E-state index contributed by atoms with van der Waals surface area (Å²) in [5.74, 6) is 2.11. The summed E-state index contributed by atoms with van der Waals surface area (Å²) < 4.78 is 0. The largest absolute Gasteiger partial charge is 0.0654 e. The van der Waals surface area contributed by atoms with Crippen LogP contribution in [0.5, 0.6) is 0 Å². The van der Waals surface area contributed by atoms with E-state index in [1.807, 2.05) is 0 Å². The fourth-order valence-electron chi connectivity index (χ4n) is 3.74. The van der Waals surface area contributed by atoms with Gasteiger partial charge in [0.1, 0.15) is 0 Å². The van der Waals surface area contributed by atoms with Crippen LogP contribution in [0.25, 0.3) is 0 Å². The van der Waals surface area contributed by atoms with E-state index in [-0.39, 0.29) is 0 Å². The van der Waals surface area contributed by atoms with Crippen molar-refractivity contribution in [3.63, 3.8) is 0 Å². The molecule has 1 unspecified atom stereocenters. The van der Waals surface area contributed by atoms with Crippen LogP contribution in [0.2, 0.25) is 0 Å². The molecule has 1 aliphatic rings. The van der Waals surface area contributed by atoms with Crippen molar-refractivity contribution in [2.75, 3.05) is 0 Å². The normalized spacial score (nSPS) is 21.0. The molecule has 0 aromatic heterocycles. The lowest BCUT2D eigenvalue weighted by molar-refractivity contribution is 0.255. The molecule has 0 amide bonds. The molecule has 1 atom stereocenters. The van der Waals surface area contributed by atoms with Gasteiger partial charge in [0.25, 0.3) is 0 Å². The van der Waals surface area contributed by atoms with Gasteiger partial charge in [-0.25, -0.2) is 0 Å². The molecule has 0 heteroatoms. The Balaban J connectivity index is 2.29. The molecule has 18 heavy (non-hydrogen) atoms. The van der Waals surface area contributed by atoms with E-state index >= 15 is 0 Å². The van der Waals surface area contributed by atoms with Crippen molar-refractivity contribution < 1.29 is 0 Å². The summed E-state index contributed by atoms with van der Waals surface area (Å²) in [5, 5.41) is 0. The highest BCUT2D eigenvalue weighted by Crippen LogP contribution is 2.32. The van der Waals surface area contributed by atoms with Crippen LogP contribution in [0.3, 0.4) is 0 Å². The topological polar surface area (TPSA) is 0 Å². The molecule has 0 saturated heterocycles. The summed E-state index contributed by atoms with van der Waals surface area (Å²) in [6, 6.07) is 0. The molecule has 0 aliphatic heterocycles. The van der Waals surface area contributed by atoms with Crippen molar-refractivity contribution in [1.29, 1.82) is 0 Å². The van der Waals surface area contributed by atoms with E-state index in [0.29, 0.717) is 0 Å². The van der Waals surface area contributed by atoms with Crippen molar-refractivity contribution in [2.45, 2.75) is 104 Å². The van der Waals surface area contributed by atoms with Crippen molar-refractivity contribution in [3.8, 4) is 0 Å². The molecular formula is C18H36. The fourth-order valence-corrected chi connectivity index (χ4v) is 3.74. The van der Waals surface area contributed by atoms with Gasteiger partial charge in [0.15, 0.2) is 0 Å². The Morgan fingerprint density at radius 3 is 1.94 bits per heavy atom.